The molecule has 0 aliphatic heterocycles. The molecule has 0 saturated heterocycles. The van der Waals surface area contributed by atoms with E-state index in [2.05, 4.69) is 10.6 Å². The van der Waals surface area contributed by atoms with E-state index in [-0.39, 0.29) is 17.7 Å². The van der Waals surface area contributed by atoms with Crippen molar-refractivity contribution in [3.8, 4) is 5.75 Å². The maximum atomic E-state index is 11.6. The van der Waals surface area contributed by atoms with Gasteiger partial charge in [0.05, 0.1) is 7.11 Å². The first kappa shape index (κ1) is 17.8. The van der Waals surface area contributed by atoms with Gasteiger partial charge in [0, 0.05) is 32.4 Å². The van der Waals surface area contributed by atoms with E-state index in [1.807, 2.05) is 43.3 Å². The number of hydrogen-bond acceptors (Lipinski definition) is 3. The van der Waals surface area contributed by atoms with Crippen molar-refractivity contribution in [2.24, 2.45) is 0 Å². The zero-order valence-corrected chi connectivity index (χ0v) is 14.4. The highest BCUT2D eigenvalue weighted by Gasteiger charge is 2.16. The minimum absolute atomic E-state index is 0.000595. The molecule has 0 aromatic heterocycles. The molecule has 5 nitrogen and oxygen atoms in total. The Morgan fingerprint density at radius 2 is 1.88 bits per heavy atom. The predicted molar refractivity (Wildman–Crippen MR) is 95.2 cm³/mol. The van der Waals surface area contributed by atoms with Crippen LogP contribution < -0.4 is 15.4 Å². The maximum absolute atomic E-state index is 11.6. The number of rotatable bonds is 7. The number of amides is 2. The Kier molecular flexibility index (Phi) is 6.18. The molecule has 128 valence electrons. The highest BCUT2D eigenvalue weighted by molar-refractivity contribution is 5.87. The van der Waals surface area contributed by atoms with E-state index >= 15 is 0 Å². The molecule has 0 fully saturated rings. The Labute approximate surface area is 142 Å². The van der Waals surface area contributed by atoms with Crippen molar-refractivity contribution in [3.05, 3.63) is 42.0 Å². The van der Waals surface area contributed by atoms with E-state index in [4.69, 9.17) is 4.74 Å². The van der Waals surface area contributed by atoms with Gasteiger partial charge in [-0.15, -0.1) is 0 Å². The summed E-state index contributed by atoms with van der Waals surface area (Å²) in [5, 5.41) is 7.95. The molecule has 0 spiro atoms. The summed E-state index contributed by atoms with van der Waals surface area (Å²) in [6.45, 7) is 4.26. The number of benzene rings is 2. The number of carbonyl (C=O) groups is 2. The van der Waals surface area contributed by atoms with Gasteiger partial charge in [-0.25, -0.2) is 0 Å². The number of fused-ring (bicyclic) bond motifs is 1. The van der Waals surface area contributed by atoms with Crippen molar-refractivity contribution < 1.29 is 14.3 Å². The lowest BCUT2D eigenvalue weighted by atomic mass is 9.93. The lowest BCUT2D eigenvalue weighted by molar-refractivity contribution is -0.120. The molecule has 0 radical (unpaired) electrons. The fraction of sp³-hybridized carbons (Fsp3) is 0.368. The predicted octanol–water partition coefficient (Wildman–Crippen LogP) is 2.59. The van der Waals surface area contributed by atoms with Gasteiger partial charge >= 0.3 is 0 Å². The van der Waals surface area contributed by atoms with Crippen molar-refractivity contribution in [1.29, 1.82) is 0 Å². The van der Waals surface area contributed by atoms with E-state index in [1.54, 1.807) is 7.11 Å². The summed E-state index contributed by atoms with van der Waals surface area (Å²) < 4.78 is 5.33. The van der Waals surface area contributed by atoms with Gasteiger partial charge in [-0.1, -0.05) is 31.2 Å². The van der Waals surface area contributed by atoms with Crippen LogP contribution in [0.15, 0.2) is 36.4 Å². The second kappa shape index (κ2) is 8.34. The Morgan fingerprint density at radius 3 is 2.54 bits per heavy atom. The lowest BCUT2D eigenvalue weighted by Gasteiger charge is -2.20. The summed E-state index contributed by atoms with van der Waals surface area (Å²) >= 11 is 0. The molecule has 1 atom stereocenters. The molecule has 2 amide bonds. The van der Waals surface area contributed by atoms with Crippen molar-refractivity contribution in [2.75, 3.05) is 20.2 Å². The quantitative estimate of drug-likeness (QED) is 0.821. The van der Waals surface area contributed by atoms with Crippen molar-refractivity contribution >= 4 is 22.6 Å². The van der Waals surface area contributed by atoms with Gasteiger partial charge in [-0.3, -0.25) is 9.59 Å². The third-order valence-corrected chi connectivity index (χ3v) is 4.03. The number of carbonyl (C=O) groups excluding carboxylic acids is 2. The summed E-state index contributed by atoms with van der Waals surface area (Å²) in [7, 11) is 1.64. The van der Waals surface area contributed by atoms with Crippen LogP contribution in [0.4, 0.5) is 0 Å². The van der Waals surface area contributed by atoms with Crippen molar-refractivity contribution in [3.63, 3.8) is 0 Å². The van der Waals surface area contributed by atoms with E-state index in [1.165, 1.54) is 6.92 Å². The normalized spacial score (nSPS) is 11.8. The second-order valence-electron chi connectivity index (χ2n) is 5.73. The molecule has 0 heterocycles. The molecule has 1 unspecified atom stereocenters. The van der Waals surface area contributed by atoms with Crippen LogP contribution in [0.1, 0.15) is 31.7 Å². The molecule has 2 rings (SSSR count). The Bertz CT molecular complexity index is 728. The first-order chi connectivity index (χ1) is 11.5. The summed E-state index contributed by atoms with van der Waals surface area (Å²) in [5.41, 5.74) is 1.08. The van der Waals surface area contributed by atoms with Crippen molar-refractivity contribution in [1.82, 2.24) is 10.6 Å². The third-order valence-electron chi connectivity index (χ3n) is 4.03. The van der Waals surface area contributed by atoms with Crippen LogP contribution in [0.25, 0.3) is 10.8 Å². The first-order valence-electron chi connectivity index (χ1n) is 8.13. The molecular weight excluding hydrogens is 304 g/mol. The van der Waals surface area contributed by atoms with Gasteiger partial charge in [-0.05, 0) is 28.5 Å². The van der Waals surface area contributed by atoms with Gasteiger partial charge in [-0.2, -0.15) is 0 Å². The minimum atomic E-state index is -0.0837. The summed E-state index contributed by atoms with van der Waals surface area (Å²) in [4.78, 5) is 23.0. The topological polar surface area (TPSA) is 67.4 Å². The van der Waals surface area contributed by atoms with Crippen LogP contribution in [0.2, 0.25) is 0 Å². The van der Waals surface area contributed by atoms with E-state index < -0.39 is 0 Å². The molecule has 2 N–H and O–H groups in total. The number of nitrogens with one attached hydrogen (secondary N) is 2. The van der Waals surface area contributed by atoms with Crippen LogP contribution in [0.5, 0.6) is 5.75 Å². The fourth-order valence-corrected chi connectivity index (χ4v) is 2.68. The smallest absolute Gasteiger partial charge is 0.219 e. The SMILES string of the molecule is CCC(=O)NCC(CNC(C)=O)c1cccc2ccc(OC)cc12. The number of ether oxygens (including phenoxy) is 1. The maximum Gasteiger partial charge on any atom is 0.219 e. The Morgan fingerprint density at radius 1 is 1.12 bits per heavy atom. The molecule has 0 aliphatic rings. The van der Waals surface area contributed by atoms with E-state index in [0.29, 0.717) is 19.5 Å². The standard InChI is InChI=1S/C19H24N2O3/c1-4-19(23)21-12-15(11-20-13(2)22)17-7-5-6-14-8-9-16(24-3)10-18(14)17/h5-10,15H,4,11-12H2,1-3H3,(H,20,22)(H,21,23). The van der Waals surface area contributed by atoms with Gasteiger partial charge in [0.2, 0.25) is 11.8 Å². The molecular formula is C19H24N2O3. The average molecular weight is 328 g/mol. The number of hydrogen-bond donors (Lipinski definition) is 2. The highest BCUT2D eigenvalue weighted by atomic mass is 16.5. The molecule has 0 saturated carbocycles. The summed E-state index contributed by atoms with van der Waals surface area (Å²) in [6.07, 6.45) is 0.441. The van der Waals surface area contributed by atoms with E-state index in [9.17, 15) is 9.59 Å². The fourth-order valence-electron chi connectivity index (χ4n) is 2.68. The zero-order chi connectivity index (χ0) is 17.5. The number of methoxy groups -OCH3 is 1. The molecule has 2 aromatic carbocycles. The van der Waals surface area contributed by atoms with Crippen LogP contribution in [-0.2, 0) is 9.59 Å². The van der Waals surface area contributed by atoms with E-state index in [0.717, 1.165) is 22.1 Å². The first-order valence-corrected chi connectivity index (χ1v) is 8.13. The van der Waals surface area contributed by atoms with Crippen LogP contribution >= 0.6 is 0 Å². The molecule has 2 aromatic rings. The lowest BCUT2D eigenvalue weighted by Crippen LogP contribution is -2.34. The Balaban J connectivity index is 2.37. The molecule has 24 heavy (non-hydrogen) atoms. The average Bonchev–Trinajstić information content (AvgIpc) is 2.60. The van der Waals surface area contributed by atoms with Crippen molar-refractivity contribution in [2.45, 2.75) is 26.2 Å². The zero-order valence-electron chi connectivity index (χ0n) is 14.4. The van der Waals surface area contributed by atoms with Gasteiger partial charge < -0.3 is 15.4 Å². The van der Waals surface area contributed by atoms with Gasteiger partial charge in [0.25, 0.3) is 0 Å². The minimum Gasteiger partial charge on any atom is -0.497 e. The van der Waals surface area contributed by atoms with Crippen LogP contribution in [0, 0.1) is 0 Å². The molecule has 0 bridgehead atoms. The summed E-state index contributed by atoms with van der Waals surface area (Å²) in [6, 6.07) is 12.0. The highest BCUT2D eigenvalue weighted by Crippen LogP contribution is 2.28. The second-order valence-corrected chi connectivity index (χ2v) is 5.73. The molecule has 5 heteroatoms. The Hall–Kier alpha value is -2.56. The van der Waals surface area contributed by atoms with Gasteiger partial charge in [0.1, 0.15) is 5.75 Å². The summed E-state index contributed by atoms with van der Waals surface area (Å²) in [5.74, 6) is 0.686. The largest absolute Gasteiger partial charge is 0.497 e. The molecule has 0 aliphatic carbocycles. The monoisotopic (exact) mass is 328 g/mol. The van der Waals surface area contributed by atoms with Crippen LogP contribution in [0.3, 0.4) is 0 Å². The van der Waals surface area contributed by atoms with Crippen LogP contribution in [-0.4, -0.2) is 32.0 Å². The van der Waals surface area contributed by atoms with Gasteiger partial charge in [0.15, 0.2) is 0 Å². The third kappa shape index (κ3) is 4.47.